The summed E-state index contributed by atoms with van der Waals surface area (Å²) in [7, 11) is 3.25. The van der Waals surface area contributed by atoms with Crippen LogP contribution in [0.5, 0.6) is 17.2 Å². The summed E-state index contributed by atoms with van der Waals surface area (Å²) < 4.78 is 55.1. The fourth-order valence-corrected chi connectivity index (χ4v) is 9.06. The molecule has 3 amide bonds. The Bertz CT molecular complexity index is 2780. The smallest absolute Gasteiger partial charge is 0.497 e. The van der Waals surface area contributed by atoms with Crippen LogP contribution in [0, 0.1) is 0 Å². The Kier molecular flexibility index (Phi) is 11.8. The second-order valence-corrected chi connectivity index (χ2v) is 18.1. The summed E-state index contributed by atoms with van der Waals surface area (Å²) in [5.74, 6) is 0.345. The van der Waals surface area contributed by atoms with Crippen LogP contribution < -0.4 is 34.6 Å². The molecule has 2 aromatic heterocycles. The van der Waals surface area contributed by atoms with Gasteiger partial charge in [-0.2, -0.15) is 0 Å². The maximum atomic E-state index is 14.6. The summed E-state index contributed by atoms with van der Waals surface area (Å²) in [6, 6.07) is 31.2. The number of alkyl halides is 3. The van der Waals surface area contributed by atoms with Crippen molar-refractivity contribution in [3.63, 3.8) is 0 Å². The van der Waals surface area contributed by atoms with Gasteiger partial charge in [-0.15, -0.1) is 13.2 Å². The molecule has 2 aliphatic carbocycles. The normalized spacial score (nSPS) is 17.6. The van der Waals surface area contributed by atoms with E-state index in [9.17, 15) is 27.6 Å². The molecule has 0 saturated heterocycles. The number of imidazole rings is 1. The van der Waals surface area contributed by atoms with Gasteiger partial charge in [0.2, 0.25) is 11.9 Å². The number of hydrogen-bond acceptors (Lipinski definition) is 9. The monoisotopic (exact) mass is 953 g/mol. The molecule has 13 nitrogen and oxygen atoms in total. The van der Waals surface area contributed by atoms with Crippen molar-refractivity contribution in [2.75, 3.05) is 24.0 Å². The minimum Gasteiger partial charge on any atom is -0.497 e. The Morgan fingerprint density at radius 1 is 0.776 bits per heavy atom. The van der Waals surface area contributed by atoms with E-state index in [0.717, 1.165) is 34.8 Å². The number of benzene rings is 4. The van der Waals surface area contributed by atoms with E-state index in [1.807, 2.05) is 66.7 Å². The average molecular weight is 955 g/mol. The number of carbonyl (C=O) groups is 3. The lowest BCUT2D eigenvalue weighted by atomic mass is 9.91. The first-order chi connectivity index (χ1) is 32.0. The molecule has 0 bridgehead atoms. The highest BCUT2D eigenvalue weighted by molar-refractivity contribution is 6.35. The molecule has 0 radical (unpaired) electrons. The third kappa shape index (κ3) is 9.32. The Labute approximate surface area is 393 Å². The van der Waals surface area contributed by atoms with Crippen LogP contribution in [-0.2, 0) is 40.2 Å². The first-order valence-corrected chi connectivity index (χ1v) is 22.1. The number of nitrogens with one attached hydrogen (secondary N) is 2. The third-order valence-corrected chi connectivity index (χ3v) is 12.8. The summed E-state index contributed by atoms with van der Waals surface area (Å²) in [6.45, 7) is 2.69. The van der Waals surface area contributed by atoms with Gasteiger partial charge in [-0.3, -0.25) is 19.0 Å². The van der Waals surface area contributed by atoms with Crippen molar-refractivity contribution in [3.05, 3.63) is 154 Å². The number of halogens is 5. The largest absolute Gasteiger partial charge is 0.573 e. The molecule has 3 aliphatic rings. The number of aromatic nitrogens is 3. The number of nitrogens with zero attached hydrogens (tertiary/aromatic N) is 5. The highest BCUT2D eigenvalue weighted by atomic mass is 35.5. The molecule has 67 heavy (non-hydrogen) atoms. The van der Waals surface area contributed by atoms with Gasteiger partial charge in [-0.05, 0) is 116 Å². The van der Waals surface area contributed by atoms with E-state index < -0.39 is 40.5 Å². The van der Waals surface area contributed by atoms with Gasteiger partial charge in [0.1, 0.15) is 39.8 Å². The molecule has 2 fully saturated rings. The predicted octanol–water partition coefficient (Wildman–Crippen LogP) is 9.41. The SMILES string of the molecule is COc1ccc(CN(Cc2ccc(OC)cc2)c2cccc(C3(NC(=O)C4(NC(=O)c5cnc6n5[C@](C)(Cc5ccc(OC(F)(F)F)cc5)C(=O)N6c5cc(Cl)cc(Cl)c5)CC4)CC3)n2)cc1. The van der Waals surface area contributed by atoms with Crippen molar-refractivity contribution >= 4 is 58.4 Å². The Hall–Kier alpha value is -6.78. The van der Waals surface area contributed by atoms with Crippen LogP contribution in [0.1, 0.15) is 65.5 Å². The van der Waals surface area contributed by atoms with Gasteiger partial charge in [0.15, 0.2) is 0 Å². The van der Waals surface area contributed by atoms with Crippen LogP contribution in [0.15, 0.2) is 115 Å². The quantitative estimate of drug-likeness (QED) is 0.0972. The molecule has 6 aromatic rings. The summed E-state index contributed by atoms with van der Waals surface area (Å²) in [4.78, 5) is 56.5. The third-order valence-electron chi connectivity index (χ3n) is 12.4. The molecular weight excluding hydrogens is 910 g/mol. The van der Waals surface area contributed by atoms with Gasteiger partial charge in [-0.25, -0.2) is 14.9 Å². The topological polar surface area (TPSA) is 140 Å². The van der Waals surface area contributed by atoms with E-state index in [4.69, 9.17) is 37.7 Å². The second kappa shape index (κ2) is 17.5. The highest BCUT2D eigenvalue weighted by Gasteiger charge is 2.57. The van der Waals surface area contributed by atoms with Crippen LogP contribution in [0.4, 0.5) is 30.6 Å². The summed E-state index contributed by atoms with van der Waals surface area (Å²) in [5, 5.41) is 6.70. The van der Waals surface area contributed by atoms with Crippen molar-refractivity contribution in [1.29, 1.82) is 0 Å². The van der Waals surface area contributed by atoms with Gasteiger partial charge >= 0.3 is 6.36 Å². The minimum atomic E-state index is -4.89. The highest BCUT2D eigenvalue weighted by Crippen LogP contribution is 2.48. The van der Waals surface area contributed by atoms with E-state index in [2.05, 4.69) is 25.3 Å². The molecule has 2 saturated carbocycles. The first-order valence-electron chi connectivity index (χ1n) is 21.4. The van der Waals surface area contributed by atoms with E-state index in [1.165, 1.54) is 46.0 Å². The Balaban J connectivity index is 0.966. The lowest BCUT2D eigenvalue weighted by molar-refractivity contribution is -0.274. The maximum Gasteiger partial charge on any atom is 0.573 e. The number of hydrogen-bond donors (Lipinski definition) is 2. The fraction of sp³-hybridized carbons (Fsp3) is 0.286. The van der Waals surface area contributed by atoms with Crippen LogP contribution in [0.2, 0.25) is 10.0 Å². The molecule has 0 unspecified atom stereocenters. The average Bonchev–Trinajstić information content (AvgIpc) is 4.21. The number of amides is 3. The van der Waals surface area contributed by atoms with Gasteiger partial charge in [0.25, 0.3) is 11.8 Å². The number of carbonyl (C=O) groups excluding carboxylic acids is 3. The number of rotatable bonds is 16. The Morgan fingerprint density at radius 2 is 1.34 bits per heavy atom. The van der Waals surface area contributed by atoms with Crippen molar-refractivity contribution < 1.29 is 41.8 Å². The molecule has 9 rings (SSSR count). The van der Waals surface area contributed by atoms with Gasteiger partial charge in [0, 0.05) is 29.6 Å². The number of pyridine rings is 1. The minimum absolute atomic E-state index is 0.0121. The summed E-state index contributed by atoms with van der Waals surface area (Å²) in [5.41, 5.74) is -0.0246. The first kappa shape index (κ1) is 45.4. The zero-order valence-electron chi connectivity index (χ0n) is 36.5. The van der Waals surface area contributed by atoms with Gasteiger partial charge in [0.05, 0.1) is 37.3 Å². The van der Waals surface area contributed by atoms with E-state index >= 15 is 0 Å². The molecular formula is C49H44Cl2F3N7O6. The molecule has 4 aromatic carbocycles. The van der Waals surface area contributed by atoms with Gasteiger partial charge in [-0.1, -0.05) is 65.7 Å². The lowest BCUT2D eigenvalue weighted by Gasteiger charge is -2.28. The molecule has 346 valence electrons. The lowest BCUT2D eigenvalue weighted by Crippen LogP contribution is -2.52. The van der Waals surface area contributed by atoms with Crippen LogP contribution >= 0.6 is 23.2 Å². The number of methoxy groups -OCH3 is 2. The number of fused-ring (bicyclic) bond motifs is 1. The maximum absolute atomic E-state index is 14.6. The van der Waals surface area contributed by atoms with Gasteiger partial charge < -0.3 is 29.7 Å². The standard InChI is InChI=1S/C49H44Cl2F3N7O6/c1-46(26-30-7-17-38(18-8-30)67-49(52,53)54)44(64)60(35-24-33(50)23-34(51)25-35)45-55-27-39(61(45)46)42(62)57-48(21-22-48)43(63)58-47(19-20-47)40-5-4-6-41(56-40)59(28-31-9-13-36(65-2)14-10-31)29-32-11-15-37(66-3)16-12-32/h4-18,23-25,27H,19-22,26,28-29H2,1-3H3,(H,57,62)(H,58,63)/t46-/m1/s1. The van der Waals surface area contributed by atoms with E-state index in [-0.39, 0.29) is 39.7 Å². The summed E-state index contributed by atoms with van der Waals surface area (Å²) >= 11 is 12.7. The molecule has 2 N–H and O–H groups in total. The Morgan fingerprint density at radius 3 is 1.88 bits per heavy atom. The van der Waals surface area contributed by atoms with E-state index in [1.54, 1.807) is 21.1 Å². The van der Waals surface area contributed by atoms with Crippen LogP contribution in [0.3, 0.4) is 0 Å². The second-order valence-electron chi connectivity index (χ2n) is 17.2. The van der Waals surface area contributed by atoms with Crippen molar-refractivity contribution in [3.8, 4) is 17.2 Å². The van der Waals surface area contributed by atoms with Crippen molar-refractivity contribution in [1.82, 2.24) is 25.2 Å². The van der Waals surface area contributed by atoms with E-state index in [0.29, 0.717) is 55.8 Å². The number of ether oxygens (including phenoxy) is 3. The predicted molar refractivity (Wildman–Crippen MR) is 245 cm³/mol. The molecule has 1 aliphatic heterocycles. The molecule has 3 heterocycles. The summed E-state index contributed by atoms with van der Waals surface area (Å²) in [6.07, 6.45) is -1.63. The molecule has 18 heteroatoms. The zero-order chi connectivity index (χ0) is 47.3. The zero-order valence-corrected chi connectivity index (χ0v) is 38.0. The number of anilines is 3. The van der Waals surface area contributed by atoms with Crippen LogP contribution in [0.25, 0.3) is 0 Å². The fourth-order valence-electron chi connectivity index (χ4n) is 8.54. The van der Waals surface area contributed by atoms with Crippen molar-refractivity contribution in [2.24, 2.45) is 0 Å². The molecule has 0 spiro atoms. The van der Waals surface area contributed by atoms with Crippen molar-refractivity contribution in [2.45, 2.75) is 75.1 Å². The molecule has 1 atom stereocenters. The van der Waals surface area contributed by atoms with Crippen LogP contribution in [-0.4, -0.2) is 58.4 Å².